The van der Waals surface area contributed by atoms with Crippen LogP contribution in [0.5, 0.6) is 0 Å². The molecule has 2 nitrogen and oxygen atoms in total. The van der Waals surface area contributed by atoms with Crippen LogP contribution in [0.2, 0.25) is 0 Å². The van der Waals surface area contributed by atoms with E-state index >= 15 is 0 Å². The molecule has 2 aliphatic rings. The lowest BCUT2D eigenvalue weighted by Crippen LogP contribution is -2.47. The zero-order valence-corrected chi connectivity index (χ0v) is 11.0. The number of rotatable bonds is 1. The highest BCUT2D eigenvalue weighted by molar-refractivity contribution is 5.50. The summed E-state index contributed by atoms with van der Waals surface area (Å²) in [6, 6.07) is -0.0253. The molecule has 2 atom stereocenters. The van der Waals surface area contributed by atoms with E-state index in [9.17, 15) is 17.6 Å². The molecule has 3 rings (SSSR count). The minimum Gasteiger partial charge on any atom is -0.363 e. The van der Waals surface area contributed by atoms with Gasteiger partial charge < -0.3 is 4.90 Å². The molecule has 1 aromatic heterocycles. The predicted molar refractivity (Wildman–Crippen MR) is 66.4 cm³/mol. The van der Waals surface area contributed by atoms with Crippen molar-refractivity contribution in [2.75, 3.05) is 11.4 Å². The summed E-state index contributed by atoms with van der Waals surface area (Å²) in [6.07, 6.45) is 5.72. The first kappa shape index (κ1) is 13.6. The van der Waals surface area contributed by atoms with Crippen LogP contribution in [0.25, 0.3) is 0 Å². The van der Waals surface area contributed by atoms with Gasteiger partial charge in [-0.3, -0.25) is 0 Å². The largest absolute Gasteiger partial charge is 0.363 e. The van der Waals surface area contributed by atoms with Crippen LogP contribution in [-0.4, -0.2) is 17.6 Å². The van der Waals surface area contributed by atoms with E-state index < -0.39 is 29.2 Å². The zero-order chi connectivity index (χ0) is 14.3. The van der Waals surface area contributed by atoms with E-state index in [1.807, 2.05) is 0 Å². The molecule has 6 heteroatoms. The Bertz CT molecular complexity index is 492. The van der Waals surface area contributed by atoms with Crippen molar-refractivity contribution in [2.45, 2.75) is 44.6 Å². The molecule has 0 bridgehead atoms. The van der Waals surface area contributed by atoms with Crippen LogP contribution in [0.3, 0.4) is 0 Å². The Morgan fingerprint density at radius 1 is 0.850 bits per heavy atom. The molecule has 110 valence electrons. The Hall–Kier alpha value is -1.33. The molecule has 2 fully saturated rings. The molecule has 0 N–H and O–H groups in total. The van der Waals surface area contributed by atoms with Crippen LogP contribution >= 0.6 is 0 Å². The summed E-state index contributed by atoms with van der Waals surface area (Å²) in [5, 5.41) is 0. The smallest absolute Gasteiger partial charge is 0.253 e. The summed E-state index contributed by atoms with van der Waals surface area (Å²) in [4.78, 5) is 4.14. The second-order valence-corrected chi connectivity index (χ2v) is 5.62. The summed E-state index contributed by atoms with van der Waals surface area (Å²) >= 11 is 0. The van der Waals surface area contributed by atoms with Gasteiger partial charge in [-0.1, -0.05) is 12.8 Å². The standard InChI is InChI=1S/C14H16F4N2/c15-10-12(11(16)14(18)19-13(10)17)20-7-3-5-8-4-1-2-6-9(8)20/h8-9H,1-7H2. The molecule has 2 unspecified atom stereocenters. The second kappa shape index (κ2) is 5.22. The van der Waals surface area contributed by atoms with Gasteiger partial charge in [0.2, 0.25) is 11.6 Å². The Kier molecular flexibility index (Phi) is 3.56. The van der Waals surface area contributed by atoms with E-state index in [-0.39, 0.29) is 6.04 Å². The minimum absolute atomic E-state index is 0.0253. The van der Waals surface area contributed by atoms with Crippen molar-refractivity contribution in [3.63, 3.8) is 0 Å². The van der Waals surface area contributed by atoms with E-state index in [0.29, 0.717) is 12.5 Å². The van der Waals surface area contributed by atoms with Crippen LogP contribution in [0, 0.1) is 29.4 Å². The third kappa shape index (κ3) is 2.15. The van der Waals surface area contributed by atoms with Crippen molar-refractivity contribution >= 4 is 5.69 Å². The fraction of sp³-hybridized carbons (Fsp3) is 0.643. The van der Waals surface area contributed by atoms with Gasteiger partial charge >= 0.3 is 0 Å². The van der Waals surface area contributed by atoms with Crippen LogP contribution < -0.4 is 4.90 Å². The van der Waals surface area contributed by atoms with E-state index in [2.05, 4.69) is 4.98 Å². The van der Waals surface area contributed by atoms with E-state index in [4.69, 9.17) is 0 Å². The van der Waals surface area contributed by atoms with Gasteiger partial charge in [-0.2, -0.15) is 22.5 Å². The number of fused-ring (bicyclic) bond motifs is 1. The fourth-order valence-electron chi connectivity index (χ4n) is 3.63. The number of anilines is 1. The average Bonchev–Trinajstić information content (AvgIpc) is 2.46. The van der Waals surface area contributed by atoms with Gasteiger partial charge in [0.15, 0.2) is 0 Å². The third-order valence-corrected chi connectivity index (χ3v) is 4.50. The fourth-order valence-corrected chi connectivity index (χ4v) is 3.63. The predicted octanol–water partition coefficient (Wildman–Crippen LogP) is 3.80. The quantitative estimate of drug-likeness (QED) is 0.577. The average molecular weight is 288 g/mol. The van der Waals surface area contributed by atoms with E-state index in [0.717, 1.165) is 38.5 Å². The summed E-state index contributed by atoms with van der Waals surface area (Å²) in [5.74, 6) is -5.55. The van der Waals surface area contributed by atoms with Crippen LogP contribution in [0.4, 0.5) is 23.2 Å². The van der Waals surface area contributed by atoms with Crippen molar-refractivity contribution in [1.82, 2.24) is 4.98 Å². The normalized spacial score (nSPS) is 26.5. The number of hydrogen-bond donors (Lipinski definition) is 0. The van der Waals surface area contributed by atoms with Gasteiger partial charge in [0.1, 0.15) is 5.69 Å². The second-order valence-electron chi connectivity index (χ2n) is 5.62. The molecule has 1 aliphatic carbocycles. The monoisotopic (exact) mass is 288 g/mol. The van der Waals surface area contributed by atoms with Crippen molar-refractivity contribution in [1.29, 1.82) is 0 Å². The van der Waals surface area contributed by atoms with Crippen molar-refractivity contribution in [2.24, 2.45) is 5.92 Å². The van der Waals surface area contributed by atoms with Gasteiger partial charge in [0, 0.05) is 12.6 Å². The molecule has 1 aliphatic heterocycles. The van der Waals surface area contributed by atoms with E-state index in [1.165, 1.54) is 4.90 Å². The van der Waals surface area contributed by atoms with Crippen LogP contribution in [-0.2, 0) is 0 Å². The van der Waals surface area contributed by atoms with E-state index in [1.54, 1.807) is 0 Å². The first-order chi connectivity index (χ1) is 9.59. The topological polar surface area (TPSA) is 16.1 Å². The SMILES string of the molecule is Fc1nc(F)c(F)c(N2CCCC3CCCCC32)c1F. The molecule has 0 radical (unpaired) electrons. The third-order valence-electron chi connectivity index (χ3n) is 4.50. The maximum atomic E-state index is 13.9. The molecule has 1 aromatic rings. The lowest BCUT2D eigenvalue weighted by molar-refractivity contribution is 0.239. The lowest BCUT2D eigenvalue weighted by Gasteiger charge is -2.45. The highest BCUT2D eigenvalue weighted by Crippen LogP contribution is 2.39. The highest BCUT2D eigenvalue weighted by atomic mass is 19.2. The number of aromatic nitrogens is 1. The first-order valence-electron chi connectivity index (χ1n) is 7.06. The van der Waals surface area contributed by atoms with Gasteiger partial charge in [0.05, 0.1) is 0 Å². The first-order valence-corrected chi connectivity index (χ1v) is 7.06. The number of piperidine rings is 1. The van der Waals surface area contributed by atoms with Crippen LogP contribution in [0.15, 0.2) is 0 Å². The molecular formula is C14H16F4N2. The maximum Gasteiger partial charge on any atom is 0.253 e. The molecule has 0 aromatic carbocycles. The molecule has 2 heterocycles. The Morgan fingerprint density at radius 2 is 1.45 bits per heavy atom. The number of halogens is 4. The molecule has 0 amide bonds. The minimum atomic E-state index is -1.57. The summed E-state index contributed by atoms with van der Waals surface area (Å²) in [6.45, 7) is 0.428. The molecule has 0 spiro atoms. The van der Waals surface area contributed by atoms with Gasteiger partial charge in [-0.15, -0.1) is 0 Å². The van der Waals surface area contributed by atoms with Crippen molar-refractivity contribution < 1.29 is 17.6 Å². The van der Waals surface area contributed by atoms with Crippen molar-refractivity contribution in [3.05, 3.63) is 23.5 Å². The highest BCUT2D eigenvalue weighted by Gasteiger charge is 2.37. The number of nitrogens with zero attached hydrogens (tertiary/aromatic N) is 2. The lowest BCUT2D eigenvalue weighted by atomic mass is 9.78. The van der Waals surface area contributed by atoms with Gasteiger partial charge in [-0.25, -0.2) is 0 Å². The van der Waals surface area contributed by atoms with Crippen molar-refractivity contribution in [3.8, 4) is 0 Å². The summed E-state index contributed by atoms with van der Waals surface area (Å²) in [5.41, 5.74) is -0.577. The zero-order valence-electron chi connectivity index (χ0n) is 11.0. The van der Waals surface area contributed by atoms with Gasteiger partial charge in [-0.05, 0) is 31.6 Å². The molecule has 1 saturated carbocycles. The Labute approximate surface area is 114 Å². The summed E-state index contributed by atoms with van der Waals surface area (Å²) in [7, 11) is 0. The van der Waals surface area contributed by atoms with Crippen LogP contribution in [0.1, 0.15) is 38.5 Å². The molecular weight excluding hydrogens is 272 g/mol. The Morgan fingerprint density at radius 3 is 2.15 bits per heavy atom. The summed E-state index contributed by atoms with van der Waals surface area (Å²) < 4.78 is 54.4. The Balaban J connectivity index is 2.03. The van der Waals surface area contributed by atoms with Gasteiger partial charge in [0.25, 0.3) is 11.9 Å². The molecule has 20 heavy (non-hydrogen) atoms. The number of hydrogen-bond acceptors (Lipinski definition) is 2. The molecule has 1 saturated heterocycles. The maximum absolute atomic E-state index is 13.9. The number of pyridine rings is 1.